The summed E-state index contributed by atoms with van der Waals surface area (Å²) in [6, 6.07) is 12.7. The first-order valence-corrected chi connectivity index (χ1v) is 7.05. The minimum absolute atomic E-state index is 0.365. The van der Waals surface area contributed by atoms with E-state index in [0.29, 0.717) is 22.2 Å². The number of ether oxygens (including phenoxy) is 1. The minimum atomic E-state index is -4.43. The van der Waals surface area contributed by atoms with Gasteiger partial charge in [0.15, 0.2) is 0 Å². The second-order valence-corrected chi connectivity index (χ2v) is 5.16. The molecule has 0 N–H and O–H groups in total. The van der Waals surface area contributed by atoms with Gasteiger partial charge in [-0.05, 0) is 35.0 Å². The summed E-state index contributed by atoms with van der Waals surface area (Å²) in [5, 5.41) is 1.56. The largest absolute Gasteiger partial charge is 0.465 e. The average molecular weight is 331 g/mol. The molecule has 6 heteroatoms. The van der Waals surface area contributed by atoms with E-state index in [0.717, 1.165) is 17.6 Å². The molecule has 24 heavy (non-hydrogen) atoms. The Labute approximate surface area is 135 Å². The van der Waals surface area contributed by atoms with Crippen LogP contribution in [0, 0.1) is 0 Å². The molecule has 3 aromatic rings. The quantitative estimate of drug-likeness (QED) is 0.639. The number of rotatable bonds is 2. The fourth-order valence-electron chi connectivity index (χ4n) is 2.46. The summed E-state index contributed by atoms with van der Waals surface area (Å²) < 4.78 is 42.7. The SMILES string of the molecule is COC(=O)c1ccc2cccc(-c3ccc(C(F)(F)F)cn3)c2c1. The lowest BCUT2D eigenvalue weighted by Gasteiger charge is -2.10. The normalized spacial score (nSPS) is 11.5. The predicted molar refractivity (Wildman–Crippen MR) is 83.5 cm³/mol. The van der Waals surface area contributed by atoms with E-state index < -0.39 is 17.7 Å². The Morgan fingerprint density at radius 1 is 1.08 bits per heavy atom. The first-order valence-electron chi connectivity index (χ1n) is 7.05. The van der Waals surface area contributed by atoms with Crippen LogP contribution in [0.3, 0.4) is 0 Å². The van der Waals surface area contributed by atoms with Gasteiger partial charge in [-0.1, -0.05) is 24.3 Å². The third kappa shape index (κ3) is 2.95. The molecule has 0 atom stereocenters. The number of hydrogen-bond acceptors (Lipinski definition) is 3. The summed E-state index contributed by atoms with van der Waals surface area (Å²) >= 11 is 0. The van der Waals surface area contributed by atoms with Crippen LogP contribution in [0.4, 0.5) is 13.2 Å². The highest BCUT2D eigenvalue weighted by Crippen LogP contribution is 2.32. The Hall–Kier alpha value is -2.89. The van der Waals surface area contributed by atoms with Gasteiger partial charge in [0, 0.05) is 11.8 Å². The van der Waals surface area contributed by atoms with Gasteiger partial charge in [-0.15, -0.1) is 0 Å². The minimum Gasteiger partial charge on any atom is -0.465 e. The molecular weight excluding hydrogens is 319 g/mol. The van der Waals surface area contributed by atoms with Crippen molar-refractivity contribution >= 4 is 16.7 Å². The smallest absolute Gasteiger partial charge is 0.417 e. The second kappa shape index (κ2) is 5.96. The zero-order chi connectivity index (χ0) is 17.3. The molecule has 1 aromatic heterocycles. The van der Waals surface area contributed by atoms with Crippen LogP contribution in [0.25, 0.3) is 22.0 Å². The standard InChI is InChI=1S/C18H12F3NO2/c1-24-17(23)12-6-5-11-3-2-4-14(15(11)9-12)16-8-7-13(10-22-16)18(19,20)21/h2-10H,1H3. The summed E-state index contributed by atoms with van der Waals surface area (Å²) in [7, 11) is 1.29. The summed E-state index contributed by atoms with van der Waals surface area (Å²) in [6.07, 6.45) is -3.62. The maximum absolute atomic E-state index is 12.7. The molecule has 0 spiro atoms. The van der Waals surface area contributed by atoms with E-state index >= 15 is 0 Å². The van der Waals surface area contributed by atoms with Crippen molar-refractivity contribution in [2.45, 2.75) is 6.18 Å². The molecule has 3 nitrogen and oxygen atoms in total. The molecule has 0 bridgehead atoms. The van der Waals surface area contributed by atoms with Crippen LogP contribution in [0.2, 0.25) is 0 Å². The monoisotopic (exact) mass is 331 g/mol. The lowest BCUT2D eigenvalue weighted by Crippen LogP contribution is -2.05. The number of carbonyl (C=O) groups excluding carboxylic acids is 1. The lowest BCUT2D eigenvalue weighted by molar-refractivity contribution is -0.137. The zero-order valence-electron chi connectivity index (χ0n) is 12.6. The Morgan fingerprint density at radius 2 is 1.88 bits per heavy atom. The van der Waals surface area contributed by atoms with Gasteiger partial charge in [0.05, 0.1) is 23.9 Å². The van der Waals surface area contributed by atoms with Crippen molar-refractivity contribution < 1.29 is 22.7 Å². The third-order valence-corrected chi connectivity index (χ3v) is 3.67. The molecule has 1 heterocycles. The van der Waals surface area contributed by atoms with Crippen LogP contribution in [0.1, 0.15) is 15.9 Å². The highest BCUT2D eigenvalue weighted by molar-refractivity contribution is 6.01. The van der Waals surface area contributed by atoms with Crippen molar-refractivity contribution in [1.29, 1.82) is 0 Å². The van der Waals surface area contributed by atoms with Crippen molar-refractivity contribution in [1.82, 2.24) is 4.98 Å². The second-order valence-electron chi connectivity index (χ2n) is 5.16. The molecule has 0 unspecified atom stereocenters. The van der Waals surface area contributed by atoms with E-state index in [2.05, 4.69) is 4.98 Å². The van der Waals surface area contributed by atoms with Gasteiger partial charge in [-0.2, -0.15) is 13.2 Å². The number of halogens is 3. The van der Waals surface area contributed by atoms with Crippen LogP contribution >= 0.6 is 0 Å². The number of fused-ring (bicyclic) bond motifs is 1. The molecule has 0 fully saturated rings. The van der Waals surface area contributed by atoms with Crippen LogP contribution in [0.15, 0.2) is 54.7 Å². The molecule has 0 aliphatic carbocycles. The lowest BCUT2D eigenvalue weighted by atomic mass is 9.99. The summed E-state index contributed by atoms with van der Waals surface area (Å²) in [6.45, 7) is 0. The molecule has 0 aliphatic rings. The van der Waals surface area contributed by atoms with E-state index in [-0.39, 0.29) is 0 Å². The third-order valence-electron chi connectivity index (χ3n) is 3.67. The first kappa shape index (κ1) is 16.0. The number of benzene rings is 2. The number of hydrogen-bond donors (Lipinski definition) is 0. The Kier molecular flexibility index (Phi) is 3.97. The summed E-state index contributed by atoms with van der Waals surface area (Å²) in [5.74, 6) is -0.480. The van der Waals surface area contributed by atoms with Gasteiger partial charge in [0.1, 0.15) is 0 Å². The molecule has 0 saturated heterocycles. The van der Waals surface area contributed by atoms with Gasteiger partial charge in [0.2, 0.25) is 0 Å². The van der Waals surface area contributed by atoms with Crippen LogP contribution < -0.4 is 0 Å². The van der Waals surface area contributed by atoms with Crippen molar-refractivity contribution in [3.05, 3.63) is 65.9 Å². The number of nitrogens with zero attached hydrogens (tertiary/aromatic N) is 1. The molecular formula is C18H12F3NO2. The number of methoxy groups -OCH3 is 1. The van der Waals surface area contributed by atoms with Crippen molar-refractivity contribution in [2.24, 2.45) is 0 Å². The molecule has 3 rings (SSSR count). The fourth-order valence-corrected chi connectivity index (χ4v) is 2.46. The topological polar surface area (TPSA) is 39.2 Å². The number of pyridine rings is 1. The fraction of sp³-hybridized carbons (Fsp3) is 0.111. The van der Waals surface area contributed by atoms with E-state index in [1.165, 1.54) is 13.2 Å². The van der Waals surface area contributed by atoms with E-state index in [1.807, 2.05) is 6.07 Å². The van der Waals surface area contributed by atoms with Gasteiger partial charge >= 0.3 is 12.1 Å². The summed E-state index contributed by atoms with van der Waals surface area (Å²) in [4.78, 5) is 15.6. The van der Waals surface area contributed by atoms with Gasteiger partial charge in [-0.25, -0.2) is 4.79 Å². The highest BCUT2D eigenvalue weighted by atomic mass is 19.4. The number of esters is 1. The molecule has 0 aliphatic heterocycles. The van der Waals surface area contributed by atoms with Crippen LogP contribution in [-0.4, -0.2) is 18.1 Å². The van der Waals surface area contributed by atoms with E-state index in [1.54, 1.807) is 30.3 Å². The zero-order valence-corrected chi connectivity index (χ0v) is 12.6. The highest BCUT2D eigenvalue weighted by Gasteiger charge is 2.30. The Morgan fingerprint density at radius 3 is 2.50 bits per heavy atom. The van der Waals surface area contributed by atoms with E-state index in [4.69, 9.17) is 4.74 Å². The molecule has 122 valence electrons. The van der Waals surface area contributed by atoms with Crippen LogP contribution in [-0.2, 0) is 10.9 Å². The first-order chi connectivity index (χ1) is 11.4. The maximum Gasteiger partial charge on any atom is 0.417 e. The predicted octanol–water partition coefficient (Wildman–Crippen LogP) is 4.71. The Bertz CT molecular complexity index is 902. The maximum atomic E-state index is 12.7. The molecule has 2 aromatic carbocycles. The van der Waals surface area contributed by atoms with Gasteiger partial charge in [0.25, 0.3) is 0 Å². The average Bonchev–Trinajstić information content (AvgIpc) is 2.59. The van der Waals surface area contributed by atoms with Crippen molar-refractivity contribution in [2.75, 3.05) is 7.11 Å². The molecule has 0 saturated carbocycles. The van der Waals surface area contributed by atoms with Gasteiger partial charge < -0.3 is 4.74 Å². The van der Waals surface area contributed by atoms with E-state index in [9.17, 15) is 18.0 Å². The van der Waals surface area contributed by atoms with Gasteiger partial charge in [-0.3, -0.25) is 4.98 Å². The van der Waals surface area contributed by atoms with Crippen molar-refractivity contribution in [3.8, 4) is 11.3 Å². The number of alkyl halides is 3. The molecule has 0 amide bonds. The number of aromatic nitrogens is 1. The van der Waals surface area contributed by atoms with Crippen LogP contribution in [0.5, 0.6) is 0 Å². The number of carbonyl (C=O) groups is 1. The summed E-state index contributed by atoms with van der Waals surface area (Å²) in [5.41, 5.74) is 0.605. The molecule has 0 radical (unpaired) electrons. The van der Waals surface area contributed by atoms with Crippen molar-refractivity contribution in [3.63, 3.8) is 0 Å². The Balaban J connectivity index is 2.13.